The molecule has 0 fully saturated rings. The van der Waals surface area contributed by atoms with E-state index < -0.39 is 0 Å². The molecule has 16 heavy (non-hydrogen) atoms. The molecule has 0 aliphatic heterocycles. The van der Waals surface area contributed by atoms with Crippen LogP contribution < -0.4 is 4.74 Å². The topological polar surface area (TPSA) is 9.23 Å². The van der Waals surface area contributed by atoms with Gasteiger partial charge in [-0.05, 0) is 35.4 Å². The van der Waals surface area contributed by atoms with E-state index in [0.717, 1.165) is 16.0 Å². The first-order valence-corrected chi connectivity index (χ1v) is 5.28. The Balaban J connectivity index is 2.45. The van der Waals surface area contributed by atoms with Crippen LogP contribution in [0.1, 0.15) is 0 Å². The smallest absolute Gasteiger partial charge is 0.165 e. The van der Waals surface area contributed by atoms with Gasteiger partial charge in [0.15, 0.2) is 11.6 Å². The normalized spacial score (nSPS) is 10.2. The number of methoxy groups -OCH3 is 1. The summed E-state index contributed by atoms with van der Waals surface area (Å²) in [6, 6.07) is 12.5. The van der Waals surface area contributed by atoms with Crippen molar-refractivity contribution in [2.45, 2.75) is 4.90 Å². The average Bonchev–Trinajstić information content (AvgIpc) is 2.29. The van der Waals surface area contributed by atoms with E-state index in [0.29, 0.717) is 0 Å². The summed E-state index contributed by atoms with van der Waals surface area (Å²) in [7, 11) is 1.45. The first-order chi connectivity index (χ1) is 7.70. The number of hydrogen-bond donors (Lipinski definition) is 1. The lowest BCUT2D eigenvalue weighted by Crippen LogP contribution is -1.88. The van der Waals surface area contributed by atoms with Gasteiger partial charge < -0.3 is 4.74 Å². The van der Waals surface area contributed by atoms with Crippen LogP contribution in [0.25, 0.3) is 11.1 Å². The van der Waals surface area contributed by atoms with Crippen molar-refractivity contribution in [3.05, 3.63) is 48.3 Å². The third kappa shape index (κ3) is 2.19. The van der Waals surface area contributed by atoms with Crippen molar-refractivity contribution >= 4 is 12.6 Å². The maximum absolute atomic E-state index is 13.5. The molecule has 3 heteroatoms. The Labute approximate surface area is 99.3 Å². The molecule has 2 aromatic rings. The lowest BCUT2D eigenvalue weighted by Gasteiger charge is -2.05. The molecule has 0 N–H and O–H groups in total. The predicted octanol–water partition coefficient (Wildman–Crippen LogP) is 3.79. The minimum atomic E-state index is -0.357. The molecule has 0 spiro atoms. The van der Waals surface area contributed by atoms with Crippen LogP contribution in [0.15, 0.2) is 47.4 Å². The monoisotopic (exact) mass is 234 g/mol. The Kier molecular flexibility index (Phi) is 3.15. The van der Waals surface area contributed by atoms with E-state index in [1.807, 2.05) is 30.3 Å². The van der Waals surface area contributed by atoms with Crippen LogP contribution >= 0.6 is 12.6 Å². The van der Waals surface area contributed by atoms with Gasteiger partial charge >= 0.3 is 0 Å². The van der Waals surface area contributed by atoms with Gasteiger partial charge in [0.05, 0.1) is 7.11 Å². The summed E-state index contributed by atoms with van der Waals surface area (Å²) in [6.07, 6.45) is 0. The highest BCUT2D eigenvalue weighted by molar-refractivity contribution is 7.80. The number of ether oxygens (including phenoxy) is 1. The Hall–Kier alpha value is -1.48. The molecular formula is C13H11FOS. The molecule has 0 amide bonds. The fourth-order valence-electron chi connectivity index (χ4n) is 1.53. The van der Waals surface area contributed by atoms with Crippen molar-refractivity contribution in [3.63, 3.8) is 0 Å². The van der Waals surface area contributed by atoms with Gasteiger partial charge in [-0.15, -0.1) is 12.6 Å². The van der Waals surface area contributed by atoms with E-state index in [2.05, 4.69) is 12.6 Å². The molecule has 0 heterocycles. The average molecular weight is 234 g/mol. The van der Waals surface area contributed by atoms with Crippen LogP contribution in [0.2, 0.25) is 0 Å². The highest BCUT2D eigenvalue weighted by Crippen LogP contribution is 2.26. The molecule has 0 bridgehead atoms. The summed E-state index contributed by atoms with van der Waals surface area (Å²) in [5, 5.41) is 0. The van der Waals surface area contributed by atoms with Crippen LogP contribution in [0.5, 0.6) is 5.75 Å². The number of halogens is 1. The zero-order valence-electron chi connectivity index (χ0n) is 8.77. The molecule has 0 unspecified atom stereocenters. The van der Waals surface area contributed by atoms with Crippen LogP contribution in [-0.2, 0) is 0 Å². The fraction of sp³-hybridized carbons (Fsp3) is 0.0769. The molecule has 2 rings (SSSR count). The number of thiol groups is 1. The SMILES string of the molecule is COc1ccc(-c2cccc(S)c2)cc1F. The minimum absolute atomic E-state index is 0.255. The third-order valence-corrected chi connectivity index (χ3v) is 2.61. The number of rotatable bonds is 2. The summed E-state index contributed by atoms with van der Waals surface area (Å²) in [5.41, 5.74) is 1.75. The van der Waals surface area contributed by atoms with Crippen LogP contribution in [-0.4, -0.2) is 7.11 Å². The van der Waals surface area contributed by atoms with Crippen molar-refractivity contribution in [1.29, 1.82) is 0 Å². The quantitative estimate of drug-likeness (QED) is 0.778. The van der Waals surface area contributed by atoms with E-state index >= 15 is 0 Å². The Morgan fingerprint density at radius 2 is 1.81 bits per heavy atom. The molecular weight excluding hydrogens is 223 g/mol. The van der Waals surface area contributed by atoms with Crippen molar-refractivity contribution in [1.82, 2.24) is 0 Å². The molecule has 0 atom stereocenters. The fourth-order valence-corrected chi connectivity index (χ4v) is 1.76. The largest absolute Gasteiger partial charge is 0.494 e. The summed E-state index contributed by atoms with van der Waals surface area (Å²) >= 11 is 4.25. The van der Waals surface area contributed by atoms with Gasteiger partial charge in [-0.2, -0.15) is 0 Å². The first-order valence-electron chi connectivity index (χ1n) is 4.83. The summed E-state index contributed by atoms with van der Waals surface area (Å²) in [6.45, 7) is 0. The standard InChI is InChI=1S/C13H11FOS/c1-15-13-6-5-10(8-12(13)14)9-3-2-4-11(16)7-9/h2-8,16H,1H3. The first kappa shape index (κ1) is 11.0. The Bertz CT molecular complexity index is 511. The van der Waals surface area contributed by atoms with Crippen LogP contribution in [0.4, 0.5) is 4.39 Å². The van der Waals surface area contributed by atoms with Gasteiger partial charge in [0.1, 0.15) is 0 Å². The van der Waals surface area contributed by atoms with Crippen molar-refractivity contribution in [2.24, 2.45) is 0 Å². The van der Waals surface area contributed by atoms with E-state index in [1.165, 1.54) is 13.2 Å². The van der Waals surface area contributed by atoms with Crippen molar-refractivity contribution < 1.29 is 9.13 Å². The van der Waals surface area contributed by atoms with Crippen LogP contribution in [0.3, 0.4) is 0 Å². The molecule has 82 valence electrons. The maximum atomic E-state index is 13.5. The third-order valence-electron chi connectivity index (χ3n) is 2.33. The van der Waals surface area contributed by atoms with Crippen LogP contribution in [0, 0.1) is 5.82 Å². The van der Waals surface area contributed by atoms with Gasteiger partial charge in [0.2, 0.25) is 0 Å². The van der Waals surface area contributed by atoms with Crippen molar-refractivity contribution in [2.75, 3.05) is 7.11 Å². The highest BCUT2D eigenvalue weighted by Gasteiger charge is 2.04. The molecule has 0 aliphatic rings. The molecule has 0 saturated heterocycles. The highest BCUT2D eigenvalue weighted by atomic mass is 32.1. The predicted molar refractivity (Wildman–Crippen MR) is 65.6 cm³/mol. The second kappa shape index (κ2) is 4.58. The van der Waals surface area contributed by atoms with E-state index in [9.17, 15) is 4.39 Å². The molecule has 0 saturated carbocycles. The molecule has 0 aliphatic carbocycles. The van der Waals surface area contributed by atoms with Gasteiger partial charge in [-0.1, -0.05) is 18.2 Å². The molecule has 2 aromatic carbocycles. The van der Waals surface area contributed by atoms with E-state index in [4.69, 9.17) is 4.74 Å². The zero-order valence-corrected chi connectivity index (χ0v) is 9.67. The molecule has 0 aromatic heterocycles. The summed E-state index contributed by atoms with van der Waals surface area (Å²) in [5.74, 6) is -0.102. The van der Waals surface area contributed by atoms with E-state index in [1.54, 1.807) is 6.07 Å². The van der Waals surface area contributed by atoms with Gasteiger partial charge in [0, 0.05) is 4.90 Å². The lowest BCUT2D eigenvalue weighted by molar-refractivity contribution is 0.386. The van der Waals surface area contributed by atoms with Gasteiger partial charge in [-0.3, -0.25) is 0 Å². The Morgan fingerprint density at radius 1 is 1.06 bits per heavy atom. The number of benzene rings is 2. The summed E-state index contributed by atoms with van der Waals surface area (Å²) in [4.78, 5) is 0.855. The second-order valence-corrected chi connectivity index (χ2v) is 3.92. The van der Waals surface area contributed by atoms with Gasteiger partial charge in [-0.25, -0.2) is 4.39 Å². The van der Waals surface area contributed by atoms with Gasteiger partial charge in [0.25, 0.3) is 0 Å². The number of hydrogen-bond acceptors (Lipinski definition) is 2. The van der Waals surface area contributed by atoms with E-state index in [-0.39, 0.29) is 11.6 Å². The van der Waals surface area contributed by atoms with Crippen molar-refractivity contribution in [3.8, 4) is 16.9 Å². The summed E-state index contributed by atoms with van der Waals surface area (Å²) < 4.78 is 18.4. The molecule has 1 nitrogen and oxygen atoms in total. The lowest BCUT2D eigenvalue weighted by atomic mass is 10.1. The maximum Gasteiger partial charge on any atom is 0.165 e. The molecule has 0 radical (unpaired) electrons. The second-order valence-electron chi connectivity index (χ2n) is 3.40. The minimum Gasteiger partial charge on any atom is -0.494 e. The zero-order chi connectivity index (χ0) is 11.5. The Morgan fingerprint density at radius 3 is 2.44 bits per heavy atom.